The third-order valence-electron chi connectivity index (χ3n) is 3.28. The summed E-state index contributed by atoms with van der Waals surface area (Å²) in [5, 5.41) is 5.27. The lowest BCUT2D eigenvalue weighted by Crippen LogP contribution is -2.04. The van der Waals surface area contributed by atoms with Gasteiger partial charge in [-0.05, 0) is 25.5 Å². The number of fused-ring (bicyclic) bond motifs is 1. The van der Waals surface area contributed by atoms with Crippen molar-refractivity contribution in [1.82, 2.24) is 19.7 Å². The van der Waals surface area contributed by atoms with Crippen LogP contribution in [0, 0.1) is 13.8 Å². The fraction of sp³-hybridized carbons (Fsp3) is 0.267. The van der Waals surface area contributed by atoms with Crippen molar-refractivity contribution in [2.75, 3.05) is 0 Å². The van der Waals surface area contributed by atoms with E-state index in [4.69, 9.17) is 16.3 Å². The van der Waals surface area contributed by atoms with Crippen molar-refractivity contribution >= 4 is 22.6 Å². The Morgan fingerprint density at radius 2 is 2.05 bits per heavy atom. The van der Waals surface area contributed by atoms with Crippen LogP contribution in [0.1, 0.15) is 17.0 Å². The van der Waals surface area contributed by atoms with E-state index in [9.17, 15) is 0 Å². The number of halogens is 1. The zero-order valence-electron chi connectivity index (χ0n) is 12.1. The molecule has 0 atom stereocenters. The number of benzene rings is 1. The first-order chi connectivity index (χ1) is 10.0. The lowest BCUT2D eigenvalue weighted by atomic mass is 10.1. The molecule has 0 N–H and O–H groups in total. The van der Waals surface area contributed by atoms with Crippen molar-refractivity contribution in [3.63, 3.8) is 0 Å². The van der Waals surface area contributed by atoms with Gasteiger partial charge in [0.25, 0.3) is 0 Å². The first-order valence-electron chi connectivity index (χ1n) is 6.59. The van der Waals surface area contributed by atoms with E-state index < -0.39 is 0 Å². The molecule has 0 bridgehead atoms. The minimum atomic E-state index is 0.269. The normalized spacial score (nSPS) is 11.0. The van der Waals surface area contributed by atoms with Gasteiger partial charge in [0.15, 0.2) is 11.5 Å². The van der Waals surface area contributed by atoms with Crippen molar-refractivity contribution in [1.29, 1.82) is 0 Å². The first-order valence-corrected chi connectivity index (χ1v) is 6.96. The average molecular weight is 303 g/mol. The number of nitrogens with zero attached hydrogens (tertiary/aromatic N) is 4. The summed E-state index contributed by atoms with van der Waals surface area (Å²) in [6.45, 7) is 4.33. The summed E-state index contributed by atoms with van der Waals surface area (Å²) < 4.78 is 7.46. The lowest BCUT2D eigenvalue weighted by Gasteiger charge is -2.09. The Hall–Kier alpha value is -2.14. The van der Waals surface area contributed by atoms with Crippen molar-refractivity contribution < 1.29 is 4.74 Å². The molecule has 1 aromatic carbocycles. The molecule has 0 saturated heterocycles. The van der Waals surface area contributed by atoms with Crippen LogP contribution in [-0.2, 0) is 13.7 Å². The minimum absolute atomic E-state index is 0.269. The largest absolute Gasteiger partial charge is 0.485 e. The third-order valence-corrected chi connectivity index (χ3v) is 3.57. The number of rotatable bonds is 3. The third kappa shape index (κ3) is 2.69. The van der Waals surface area contributed by atoms with Gasteiger partial charge < -0.3 is 4.74 Å². The summed E-state index contributed by atoms with van der Waals surface area (Å²) in [5.41, 5.74) is 2.99. The molecule has 0 aliphatic carbocycles. The van der Waals surface area contributed by atoms with Gasteiger partial charge in [0.2, 0.25) is 0 Å². The van der Waals surface area contributed by atoms with Crippen LogP contribution < -0.4 is 4.74 Å². The monoisotopic (exact) mass is 302 g/mol. The number of aryl methyl sites for hydroxylation is 3. The van der Waals surface area contributed by atoms with E-state index >= 15 is 0 Å². The molecule has 0 aliphatic heterocycles. The quantitative estimate of drug-likeness (QED) is 0.697. The summed E-state index contributed by atoms with van der Waals surface area (Å²) >= 11 is 6.15. The minimum Gasteiger partial charge on any atom is -0.485 e. The second kappa shape index (κ2) is 5.33. The Morgan fingerprint density at radius 1 is 1.24 bits per heavy atom. The molecule has 0 aliphatic rings. The molecule has 5 nitrogen and oxygen atoms in total. The van der Waals surface area contributed by atoms with Crippen LogP contribution in [0.3, 0.4) is 0 Å². The van der Waals surface area contributed by atoms with Crippen LogP contribution in [0.25, 0.3) is 11.0 Å². The van der Waals surface area contributed by atoms with Gasteiger partial charge in [-0.1, -0.05) is 29.3 Å². The molecule has 0 spiro atoms. The highest BCUT2D eigenvalue weighted by Crippen LogP contribution is 2.22. The van der Waals surface area contributed by atoms with Gasteiger partial charge in [0.05, 0.1) is 11.6 Å². The molecular formula is C15H15ClN4O. The Balaban J connectivity index is 1.86. The van der Waals surface area contributed by atoms with E-state index in [0.717, 1.165) is 16.7 Å². The van der Waals surface area contributed by atoms with E-state index in [0.29, 0.717) is 16.6 Å². The van der Waals surface area contributed by atoms with E-state index in [2.05, 4.69) is 28.1 Å². The highest BCUT2D eigenvalue weighted by molar-refractivity contribution is 6.33. The van der Waals surface area contributed by atoms with Crippen LogP contribution in [0.4, 0.5) is 0 Å². The Morgan fingerprint density at radius 3 is 2.81 bits per heavy atom. The van der Waals surface area contributed by atoms with Gasteiger partial charge in [0.1, 0.15) is 17.5 Å². The van der Waals surface area contributed by atoms with E-state index in [1.54, 1.807) is 10.9 Å². The molecule has 6 heteroatoms. The molecule has 21 heavy (non-hydrogen) atoms. The molecule has 0 unspecified atom stereocenters. The molecule has 3 aromatic rings. The molecule has 3 rings (SSSR count). The molecular weight excluding hydrogens is 288 g/mol. The van der Waals surface area contributed by atoms with Crippen LogP contribution in [0.5, 0.6) is 5.75 Å². The number of hydrogen-bond acceptors (Lipinski definition) is 4. The van der Waals surface area contributed by atoms with Crippen molar-refractivity contribution in [3.8, 4) is 5.75 Å². The average Bonchev–Trinajstić information content (AvgIpc) is 2.80. The molecule has 108 valence electrons. The maximum absolute atomic E-state index is 6.15. The SMILES string of the molecule is Cc1ccc(OCc2nc(Cl)c3cnn(C)c3n2)c(C)c1. The van der Waals surface area contributed by atoms with Crippen molar-refractivity contribution in [2.24, 2.45) is 7.05 Å². The molecule has 0 amide bonds. The Bertz CT molecular complexity index is 813. The van der Waals surface area contributed by atoms with Gasteiger partial charge in [0, 0.05) is 7.05 Å². The molecule has 2 heterocycles. The molecule has 0 saturated carbocycles. The highest BCUT2D eigenvalue weighted by atomic mass is 35.5. The zero-order valence-corrected chi connectivity index (χ0v) is 12.8. The van der Waals surface area contributed by atoms with Gasteiger partial charge in [-0.2, -0.15) is 5.10 Å². The summed E-state index contributed by atoms with van der Waals surface area (Å²) in [6.07, 6.45) is 1.66. The smallest absolute Gasteiger partial charge is 0.170 e. The Kier molecular flexibility index (Phi) is 3.51. The van der Waals surface area contributed by atoms with E-state index in [1.165, 1.54) is 5.56 Å². The lowest BCUT2D eigenvalue weighted by molar-refractivity contribution is 0.294. The second-order valence-corrected chi connectivity index (χ2v) is 5.35. The summed E-state index contributed by atoms with van der Waals surface area (Å²) in [6, 6.07) is 6.04. The highest BCUT2D eigenvalue weighted by Gasteiger charge is 2.10. The fourth-order valence-electron chi connectivity index (χ4n) is 2.20. The van der Waals surface area contributed by atoms with Crippen LogP contribution in [-0.4, -0.2) is 19.7 Å². The van der Waals surface area contributed by atoms with Gasteiger partial charge in [-0.3, -0.25) is 4.68 Å². The molecule has 0 radical (unpaired) electrons. The van der Waals surface area contributed by atoms with Crippen molar-refractivity contribution in [3.05, 3.63) is 46.5 Å². The summed E-state index contributed by atoms with van der Waals surface area (Å²) in [4.78, 5) is 8.69. The van der Waals surface area contributed by atoms with Gasteiger partial charge >= 0.3 is 0 Å². The van der Waals surface area contributed by atoms with Gasteiger partial charge in [-0.15, -0.1) is 0 Å². The van der Waals surface area contributed by atoms with Crippen LogP contribution in [0.15, 0.2) is 24.4 Å². The maximum atomic E-state index is 6.15. The second-order valence-electron chi connectivity index (χ2n) is 4.99. The van der Waals surface area contributed by atoms with Crippen molar-refractivity contribution in [2.45, 2.75) is 20.5 Å². The van der Waals surface area contributed by atoms with Crippen LogP contribution >= 0.6 is 11.6 Å². The standard InChI is InChI=1S/C15H15ClN4O/c1-9-4-5-12(10(2)6-9)21-8-13-18-14(16)11-7-17-20(3)15(11)19-13/h4-7H,8H2,1-3H3. The summed E-state index contributed by atoms with van der Waals surface area (Å²) in [7, 11) is 1.82. The first kappa shape index (κ1) is 13.8. The number of hydrogen-bond donors (Lipinski definition) is 0. The predicted molar refractivity (Wildman–Crippen MR) is 81.6 cm³/mol. The van der Waals surface area contributed by atoms with E-state index in [1.807, 2.05) is 26.1 Å². The number of aromatic nitrogens is 4. The Labute approximate surface area is 127 Å². The summed E-state index contributed by atoms with van der Waals surface area (Å²) in [5.74, 6) is 1.36. The topological polar surface area (TPSA) is 52.8 Å². The molecule has 2 aromatic heterocycles. The zero-order chi connectivity index (χ0) is 15.0. The fourth-order valence-corrected chi connectivity index (χ4v) is 2.43. The predicted octanol–water partition coefficient (Wildman–Crippen LogP) is 3.21. The number of ether oxygens (including phenoxy) is 1. The van der Waals surface area contributed by atoms with E-state index in [-0.39, 0.29) is 6.61 Å². The maximum Gasteiger partial charge on any atom is 0.170 e. The van der Waals surface area contributed by atoms with Crippen LogP contribution in [0.2, 0.25) is 5.15 Å². The van der Waals surface area contributed by atoms with Gasteiger partial charge in [-0.25, -0.2) is 9.97 Å². The molecule has 0 fully saturated rings.